The van der Waals surface area contributed by atoms with E-state index in [1.807, 2.05) is 12.1 Å². The molecular weight excluding hydrogens is 311 g/mol. The Morgan fingerprint density at radius 2 is 1.70 bits per heavy atom. The molecule has 2 aromatic rings. The van der Waals surface area contributed by atoms with Gasteiger partial charge < -0.3 is 9.55 Å². The summed E-state index contributed by atoms with van der Waals surface area (Å²) in [5.41, 5.74) is 1.99. The number of aromatic amines is 1. The highest BCUT2D eigenvalue weighted by Gasteiger charge is 2.07. The number of nitrogens with one attached hydrogen (secondary N) is 1. The van der Waals surface area contributed by atoms with Crippen LogP contribution in [0.25, 0.3) is 11.0 Å². The normalized spacial score (nSPS) is 11.3. The van der Waals surface area contributed by atoms with Crippen LogP contribution in [0, 0.1) is 4.77 Å². The standard InChI is InChI=1S/C15H20Cl2N2S/c1-2-3-4-5-6-7-8-19-14-10-12(17)11(16)9-13(14)18-15(19)20/h9-10H,2-8H2,1H3,(H,18,20). The summed E-state index contributed by atoms with van der Waals surface area (Å²) in [6, 6.07) is 3.73. The van der Waals surface area contributed by atoms with Gasteiger partial charge in [0.2, 0.25) is 0 Å². The molecule has 0 unspecified atom stereocenters. The van der Waals surface area contributed by atoms with Crippen molar-refractivity contribution in [2.75, 3.05) is 0 Å². The molecule has 0 aliphatic rings. The number of halogens is 2. The largest absolute Gasteiger partial charge is 0.331 e. The Hall–Kier alpha value is -0.510. The second-order valence-corrected chi connectivity index (χ2v) is 6.33. The van der Waals surface area contributed by atoms with E-state index in [4.69, 9.17) is 35.4 Å². The molecule has 1 heterocycles. The average Bonchev–Trinajstić information content (AvgIpc) is 2.70. The molecule has 0 radical (unpaired) electrons. The van der Waals surface area contributed by atoms with E-state index in [2.05, 4.69) is 16.5 Å². The van der Waals surface area contributed by atoms with Crippen molar-refractivity contribution in [3.63, 3.8) is 0 Å². The van der Waals surface area contributed by atoms with Gasteiger partial charge in [-0.15, -0.1) is 0 Å². The van der Waals surface area contributed by atoms with Gasteiger partial charge in [0.1, 0.15) is 0 Å². The first-order valence-corrected chi connectivity index (χ1v) is 8.37. The fourth-order valence-corrected chi connectivity index (χ4v) is 3.05. The fourth-order valence-electron chi connectivity index (χ4n) is 2.42. The van der Waals surface area contributed by atoms with Crippen LogP contribution in [0.15, 0.2) is 12.1 Å². The number of H-pyrrole nitrogens is 1. The van der Waals surface area contributed by atoms with Gasteiger partial charge in [-0.2, -0.15) is 0 Å². The zero-order valence-corrected chi connectivity index (χ0v) is 14.0. The van der Waals surface area contributed by atoms with Crippen LogP contribution in [-0.2, 0) is 6.54 Å². The predicted molar refractivity (Wildman–Crippen MR) is 90.5 cm³/mol. The average molecular weight is 331 g/mol. The molecule has 2 nitrogen and oxygen atoms in total. The molecule has 0 bridgehead atoms. The highest BCUT2D eigenvalue weighted by atomic mass is 35.5. The number of aryl methyl sites for hydroxylation is 1. The first-order chi connectivity index (χ1) is 9.63. The van der Waals surface area contributed by atoms with Crippen molar-refractivity contribution in [2.24, 2.45) is 0 Å². The summed E-state index contributed by atoms with van der Waals surface area (Å²) >= 11 is 17.5. The quantitative estimate of drug-likeness (QED) is 0.462. The summed E-state index contributed by atoms with van der Waals surface area (Å²) in [6.07, 6.45) is 7.64. The minimum atomic E-state index is 0.558. The molecule has 0 saturated heterocycles. The minimum Gasteiger partial charge on any atom is -0.331 e. The van der Waals surface area contributed by atoms with Crippen molar-refractivity contribution >= 4 is 46.5 Å². The number of unbranched alkanes of at least 4 members (excludes halogenated alkanes) is 5. The summed E-state index contributed by atoms with van der Waals surface area (Å²) < 4.78 is 2.86. The smallest absolute Gasteiger partial charge is 0.178 e. The van der Waals surface area contributed by atoms with E-state index < -0.39 is 0 Å². The van der Waals surface area contributed by atoms with Gasteiger partial charge in [0.15, 0.2) is 4.77 Å². The van der Waals surface area contributed by atoms with Crippen LogP contribution >= 0.6 is 35.4 Å². The Kier molecular flexibility index (Phi) is 5.94. The van der Waals surface area contributed by atoms with E-state index in [1.165, 1.54) is 32.1 Å². The van der Waals surface area contributed by atoms with Gasteiger partial charge in [0.05, 0.1) is 21.1 Å². The molecule has 0 aliphatic heterocycles. The number of rotatable bonds is 7. The van der Waals surface area contributed by atoms with E-state index in [0.717, 1.165) is 28.8 Å². The monoisotopic (exact) mass is 330 g/mol. The van der Waals surface area contributed by atoms with E-state index in [-0.39, 0.29) is 0 Å². The van der Waals surface area contributed by atoms with Gasteiger partial charge in [-0.05, 0) is 30.8 Å². The maximum atomic E-state index is 6.09. The highest BCUT2D eigenvalue weighted by Crippen LogP contribution is 2.27. The van der Waals surface area contributed by atoms with Gasteiger partial charge >= 0.3 is 0 Å². The molecule has 110 valence electrons. The van der Waals surface area contributed by atoms with Crippen molar-refractivity contribution in [3.8, 4) is 0 Å². The second kappa shape index (κ2) is 7.48. The third-order valence-corrected chi connectivity index (χ3v) is 4.60. The Morgan fingerprint density at radius 3 is 2.45 bits per heavy atom. The molecule has 20 heavy (non-hydrogen) atoms. The first kappa shape index (κ1) is 15.9. The summed E-state index contributed by atoms with van der Waals surface area (Å²) in [4.78, 5) is 3.19. The van der Waals surface area contributed by atoms with Gasteiger partial charge in [-0.25, -0.2) is 0 Å². The van der Waals surface area contributed by atoms with Crippen LogP contribution in [0.3, 0.4) is 0 Å². The van der Waals surface area contributed by atoms with Crippen LogP contribution in [-0.4, -0.2) is 9.55 Å². The van der Waals surface area contributed by atoms with Crippen molar-refractivity contribution in [1.29, 1.82) is 0 Å². The van der Waals surface area contributed by atoms with Gasteiger partial charge in [0, 0.05) is 6.54 Å². The number of imidazole rings is 1. The van der Waals surface area contributed by atoms with Crippen molar-refractivity contribution in [1.82, 2.24) is 9.55 Å². The molecule has 1 aromatic carbocycles. The highest BCUT2D eigenvalue weighted by molar-refractivity contribution is 7.71. The zero-order chi connectivity index (χ0) is 14.5. The Morgan fingerprint density at radius 1 is 1.05 bits per heavy atom. The third-order valence-electron chi connectivity index (χ3n) is 3.55. The molecule has 0 fully saturated rings. The lowest BCUT2D eigenvalue weighted by Crippen LogP contribution is -1.98. The maximum absolute atomic E-state index is 6.09. The summed E-state index contributed by atoms with van der Waals surface area (Å²) in [5, 5.41) is 1.13. The lowest BCUT2D eigenvalue weighted by Gasteiger charge is -2.05. The summed E-state index contributed by atoms with van der Waals surface area (Å²) in [6.45, 7) is 3.17. The van der Waals surface area contributed by atoms with E-state index in [9.17, 15) is 0 Å². The fraction of sp³-hybridized carbons (Fsp3) is 0.533. The number of benzene rings is 1. The molecule has 0 saturated carbocycles. The number of aromatic nitrogens is 2. The number of fused-ring (bicyclic) bond motifs is 1. The molecule has 1 N–H and O–H groups in total. The molecule has 0 amide bonds. The second-order valence-electron chi connectivity index (χ2n) is 5.13. The molecule has 0 aliphatic carbocycles. The lowest BCUT2D eigenvalue weighted by atomic mass is 10.1. The lowest BCUT2D eigenvalue weighted by molar-refractivity contribution is 0.561. The van der Waals surface area contributed by atoms with E-state index >= 15 is 0 Å². The Labute approximate surface area is 135 Å². The van der Waals surface area contributed by atoms with Gasteiger partial charge in [-0.3, -0.25) is 0 Å². The summed E-state index contributed by atoms with van der Waals surface area (Å²) in [5.74, 6) is 0. The van der Waals surface area contributed by atoms with Crippen molar-refractivity contribution in [2.45, 2.75) is 52.0 Å². The topological polar surface area (TPSA) is 20.7 Å². The predicted octanol–water partition coefficient (Wildman–Crippen LogP) is 6.37. The molecule has 0 atom stereocenters. The molecule has 5 heteroatoms. The van der Waals surface area contributed by atoms with Gasteiger partial charge in [-0.1, -0.05) is 62.2 Å². The van der Waals surface area contributed by atoms with E-state index in [1.54, 1.807) is 0 Å². The number of hydrogen-bond donors (Lipinski definition) is 1. The number of hydrogen-bond acceptors (Lipinski definition) is 1. The molecule has 0 spiro atoms. The maximum Gasteiger partial charge on any atom is 0.178 e. The number of nitrogens with zero attached hydrogens (tertiary/aromatic N) is 1. The first-order valence-electron chi connectivity index (χ1n) is 7.21. The third kappa shape index (κ3) is 3.78. The van der Waals surface area contributed by atoms with Crippen LogP contribution < -0.4 is 0 Å². The van der Waals surface area contributed by atoms with Gasteiger partial charge in [0.25, 0.3) is 0 Å². The van der Waals surface area contributed by atoms with Crippen molar-refractivity contribution < 1.29 is 0 Å². The molecular formula is C15H20Cl2N2S. The van der Waals surface area contributed by atoms with E-state index in [0.29, 0.717) is 10.0 Å². The SMILES string of the molecule is CCCCCCCCn1c(=S)[nH]c2cc(Cl)c(Cl)cc21. The minimum absolute atomic E-state index is 0.558. The van der Waals surface area contributed by atoms with Crippen LogP contribution in [0.5, 0.6) is 0 Å². The van der Waals surface area contributed by atoms with Crippen LogP contribution in [0.4, 0.5) is 0 Å². The Balaban J connectivity index is 2.04. The summed E-state index contributed by atoms with van der Waals surface area (Å²) in [7, 11) is 0. The molecule has 1 aromatic heterocycles. The Bertz CT molecular complexity index is 631. The zero-order valence-electron chi connectivity index (χ0n) is 11.7. The van der Waals surface area contributed by atoms with Crippen LogP contribution in [0.2, 0.25) is 10.0 Å². The van der Waals surface area contributed by atoms with Crippen LogP contribution in [0.1, 0.15) is 45.4 Å². The van der Waals surface area contributed by atoms with Crippen molar-refractivity contribution in [3.05, 3.63) is 26.9 Å². The molecule has 2 rings (SSSR count).